The molecule has 1 fully saturated rings. The van der Waals surface area contributed by atoms with E-state index < -0.39 is 35.6 Å². The third kappa shape index (κ3) is 11.4. The minimum atomic E-state index is -0.923. The van der Waals surface area contributed by atoms with E-state index in [9.17, 15) is 28.8 Å². The number of carbonyl (C=O) groups is 6. The molecule has 0 spiro atoms. The van der Waals surface area contributed by atoms with Gasteiger partial charge in [-0.1, -0.05) is 58.9 Å². The summed E-state index contributed by atoms with van der Waals surface area (Å²) in [5, 5.41) is 19.4. The van der Waals surface area contributed by atoms with Gasteiger partial charge in [-0.3, -0.25) is 28.8 Å². The monoisotopic (exact) mass is 827 g/mol. The number of likely N-dealkylation sites (N-methyl/N-ethyl adjacent to an activating group) is 1. The van der Waals surface area contributed by atoms with E-state index in [2.05, 4.69) is 44.1 Å². The number of fused-ring (bicyclic) bond motifs is 1. The van der Waals surface area contributed by atoms with E-state index in [-0.39, 0.29) is 79.4 Å². The van der Waals surface area contributed by atoms with Crippen molar-refractivity contribution in [1.82, 2.24) is 36.8 Å². The van der Waals surface area contributed by atoms with Crippen LogP contribution in [0.3, 0.4) is 0 Å². The van der Waals surface area contributed by atoms with Gasteiger partial charge < -0.3 is 42.5 Å². The first-order chi connectivity index (χ1) is 28.4. The normalized spacial score (nSPS) is 21.1. The van der Waals surface area contributed by atoms with Crippen molar-refractivity contribution < 1.29 is 28.8 Å². The van der Waals surface area contributed by atoms with Gasteiger partial charge >= 0.3 is 0 Å². The molecule has 0 bridgehead atoms. The molecule has 7 atom stereocenters. The van der Waals surface area contributed by atoms with E-state index in [0.29, 0.717) is 11.1 Å². The first kappa shape index (κ1) is 46.0. The van der Waals surface area contributed by atoms with Crippen LogP contribution in [-0.2, 0) is 19.2 Å². The summed E-state index contributed by atoms with van der Waals surface area (Å²) < 4.78 is 0. The molecule has 1 aliphatic heterocycles. The molecule has 0 saturated carbocycles. The molecule has 0 radical (unpaired) electrons. The Morgan fingerprint density at radius 2 is 1.53 bits per heavy atom. The van der Waals surface area contributed by atoms with Crippen LogP contribution in [0.5, 0.6) is 0 Å². The summed E-state index contributed by atoms with van der Waals surface area (Å²) in [5.74, 6) is -1.62. The molecule has 2 aliphatic carbocycles. The summed E-state index contributed by atoms with van der Waals surface area (Å²) in [7, 11) is 1.67. The van der Waals surface area contributed by atoms with Gasteiger partial charge in [0.25, 0.3) is 11.8 Å². The molecule has 0 unspecified atom stereocenters. The second-order valence-electron chi connectivity index (χ2n) is 18.1. The van der Waals surface area contributed by atoms with E-state index in [1.165, 1.54) is 16.0 Å². The summed E-state index contributed by atoms with van der Waals surface area (Å²) in [6, 6.07) is 6.65. The second-order valence-corrected chi connectivity index (χ2v) is 18.1. The largest absolute Gasteiger partial charge is 0.352 e. The van der Waals surface area contributed by atoms with Crippen LogP contribution in [0, 0.1) is 11.3 Å². The van der Waals surface area contributed by atoms with E-state index in [1.54, 1.807) is 50.4 Å². The Labute approximate surface area is 354 Å². The van der Waals surface area contributed by atoms with Crippen LogP contribution in [-0.4, -0.2) is 103 Å². The van der Waals surface area contributed by atoms with Gasteiger partial charge in [0.1, 0.15) is 12.1 Å². The van der Waals surface area contributed by atoms with Crippen molar-refractivity contribution in [2.75, 3.05) is 20.1 Å². The van der Waals surface area contributed by atoms with Crippen molar-refractivity contribution in [3.8, 4) is 0 Å². The zero-order valence-corrected chi connectivity index (χ0v) is 36.6. The van der Waals surface area contributed by atoms with Gasteiger partial charge in [-0.15, -0.1) is 0 Å². The minimum Gasteiger partial charge on any atom is -0.352 e. The molecule has 14 heteroatoms. The van der Waals surface area contributed by atoms with Crippen LogP contribution in [0.2, 0.25) is 0 Å². The molecule has 6 amide bonds. The zero-order chi connectivity index (χ0) is 43.9. The highest BCUT2D eigenvalue weighted by Crippen LogP contribution is 2.33. The van der Waals surface area contributed by atoms with Crippen molar-refractivity contribution in [3.63, 3.8) is 0 Å². The molecule has 1 saturated heterocycles. The molecule has 1 heterocycles. The maximum atomic E-state index is 14.5. The van der Waals surface area contributed by atoms with Crippen LogP contribution in [0.25, 0.3) is 10.8 Å². The van der Waals surface area contributed by atoms with Crippen molar-refractivity contribution in [2.24, 2.45) is 17.1 Å². The zero-order valence-electron chi connectivity index (χ0n) is 36.6. The third-order valence-electron chi connectivity index (χ3n) is 12.2. The van der Waals surface area contributed by atoms with Crippen molar-refractivity contribution in [3.05, 3.63) is 70.8 Å². The molecule has 3 aliphatic rings. The Balaban J connectivity index is 1.28. The van der Waals surface area contributed by atoms with Gasteiger partial charge in [0.15, 0.2) is 0 Å². The average molecular weight is 827 g/mol. The molecule has 60 heavy (non-hydrogen) atoms. The lowest BCUT2D eigenvalue weighted by Gasteiger charge is -2.36. The average Bonchev–Trinajstić information content (AvgIpc) is 3.65. The highest BCUT2D eigenvalue weighted by Gasteiger charge is 2.46. The van der Waals surface area contributed by atoms with Gasteiger partial charge in [0.05, 0.1) is 18.1 Å². The number of nitrogens with zero attached hydrogens (tertiary/aromatic N) is 1. The highest BCUT2D eigenvalue weighted by molar-refractivity contribution is 6.02. The summed E-state index contributed by atoms with van der Waals surface area (Å²) in [5.41, 5.74) is 8.72. The number of nitrogens with two attached hydrogens (primary N) is 1. The summed E-state index contributed by atoms with van der Waals surface area (Å²) in [6.07, 6.45) is 9.41. The maximum absolute atomic E-state index is 14.5. The smallest absolute Gasteiger partial charge is 0.251 e. The maximum Gasteiger partial charge on any atom is 0.251 e. The van der Waals surface area contributed by atoms with Crippen LogP contribution >= 0.6 is 0 Å². The fourth-order valence-electron chi connectivity index (χ4n) is 7.99. The molecule has 8 N–H and O–H groups in total. The van der Waals surface area contributed by atoms with E-state index in [0.717, 1.165) is 42.9 Å². The number of carbonyl (C=O) groups excluding carboxylic acids is 6. The van der Waals surface area contributed by atoms with Gasteiger partial charge in [-0.2, -0.15) is 0 Å². The molecule has 2 aromatic rings. The predicted octanol–water partition coefficient (Wildman–Crippen LogP) is 3.60. The molecule has 2 aromatic carbocycles. The number of allylic oxidation sites excluding steroid dienone is 3. The Morgan fingerprint density at radius 3 is 2.17 bits per heavy atom. The first-order valence-corrected chi connectivity index (χ1v) is 21.5. The second kappa shape index (κ2) is 20.0. The Morgan fingerprint density at radius 1 is 0.867 bits per heavy atom. The predicted molar refractivity (Wildman–Crippen MR) is 234 cm³/mol. The fraction of sp³-hybridized carbons (Fsp3) is 0.565. The number of amides is 6. The SMILES string of the molecule is CN[C@@H](C)C(=O)N[C@H](C(=O)N1C[C@@H](NC(=O)c2ccc3cc(C(=O)NCC[C@H](N)C(=O)N[C@H](C)C(C)C)ccc3c2)C[C@H]1C(=O)N[C@@H]1CCCC2=C1CCC=C2)C(C)(C)C. The molecule has 326 valence electrons. The lowest BCUT2D eigenvalue weighted by atomic mass is 9.82. The Bertz CT molecular complexity index is 2000. The number of likely N-dealkylation sites (tertiary alicyclic amines) is 1. The van der Waals surface area contributed by atoms with E-state index in [1.807, 2.05) is 41.5 Å². The molecule has 5 rings (SSSR count). The minimum absolute atomic E-state index is 0.00970. The van der Waals surface area contributed by atoms with Gasteiger partial charge in [-0.05, 0) is 123 Å². The van der Waals surface area contributed by atoms with Crippen LogP contribution in [0.1, 0.15) is 114 Å². The summed E-state index contributed by atoms with van der Waals surface area (Å²) in [6.45, 7) is 13.6. The topological polar surface area (TPSA) is 204 Å². The lowest BCUT2D eigenvalue weighted by molar-refractivity contribution is -0.144. The van der Waals surface area contributed by atoms with Crippen LogP contribution < -0.4 is 37.6 Å². The molecule has 0 aromatic heterocycles. The van der Waals surface area contributed by atoms with Gasteiger partial charge in [-0.25, -0.2) is 0 Å². The van der Waals surface area contributed by atoms with Crippen molar-refractivity contribution in [2.45, 2.75) is 136 Å². The van der Waals surface area contributed by atoms with Crippen molar-refractivity contribution >= 4 is 46.2 Å². The first-order valence-electron chi connectivity index (χ1n) is 21.5. The lowest BCUT2D eigenvalue weighted by Crippen LogP contribution is -2.60. The van der Waals surface area contributed by atoms with Gasteiger partial charge in [0.2, 0.25) is 23.6 Å². The number of benzene rings is 2. The Kier molecular flexibility index (Phi) is 15.3. The summed E-state index contributed by atoms with van der Waals surface area (Å²) >= 11 is 0. The van der Waals surface area contributed by atoms with Crippen molar-refractivity contribution in [1.29, 1.82) is 0 Å². The van der Waals surface area contributed by atoms with Crippen LogP contribution in [0.15, 0.2) is 59.7 Å². The number of hydrogen-bond acceptors (Lipinski definition) is 8. The Hall–Kier alpha value is -5.08. The van der Waals surface area contributed by atoms with E-state index in [4.69, 9.17) is 5.73 Å². The van der Waals surface area contributed by atoms with Gasteiger partial charge in [0, 0.05) is 36.3 Å². The highest BCUT2D eigenvalue weighted by atomic mass is 16.2. The molecular formula is C46H66N8O6. The standard InChI is InChI=1S/C46H66N8O6/c1-26(2)27(3)50-43(58)36(47)20-21-49-41(56)32-18-16-31-23-33(19-17-30(31)22-32)42(57)51-34-24-38(44(59)52-37-15-11-13-29-12-9-10-14-35(29)37)54(25-34)45(60)39(46(5,6)7)53-40(55)28(4)48-8/h9,12,16-19,22-23,26-28,34,36-39,48H,10-11,13-15,20-21,24-25,47H2,1-8H3,(H,49,56)(H,50,58)(H,51,57)(H,52,59)(H,53,55)/t27-,28+,34+,36+,37-,38+,39-/m1/s1. The fourth-order valence-corrected chi connectivity index (χ4v) is 7.99. The third-order valence-corrected chi connectivity index (χ3v) is 12.2. The number of nitrogens with one attached hydrogen (secondary N) is 6. The molecular weight excluding hydrogens is 761 g/mol. The number of rotatable bonds is 15. The quantitative estimate of drug-likeness (QED) is 0.141. The van der Waals surface area contributed by atoms with Crippen LogP contribution in [0.4, 0.5) is 0 Å². The summed E-state index contributed by atoms with van der Waals surface area (Å²) in [4.78, 5) is 82.5. The van der Waals surface area contributed by atoms with E-state index >= 15 is 0 Å². The number of hydrogen-bond donors (Lipinski definition) is 7. The molecule has 14 nitrogen and oxygen atoms in total.